The van der Waals surface area contributed by atoms with E-state index in [0.29, 0.717) is 13.1 Å². The standard InChI is InChI=1S/C7H12N2O4.ClH/c1-13-6(10)5-4-9(7(11)12)3-2-8-5;/h5,8H,2-4H2,1H3,(H,11,12);1H. The zero-order chi connectivity index (χ0) is 9.84. The molecule has 2 N–H and O–H groups in total. The number of nitrogens with one attached hydrogen (secondary N) is 1. The average molecular weight is 225 g/mol. The number of nitrogens with zero attached hydrogens (tertiary/aromatic N) is 1. The second-order valence-corrected chi connectivity index (χ2v) is 2.76. The lowest BCUT2D eigenvalue weighted by Gasteiger charge is -2.29. The third-order valence-electron chi connectivity index (χ3n) is 1.93. The third-order valence-corrected chi connectivity index (χ3v) is 1.93. The molecule has 0 saturated carbocycles. The van der Waals surface area contributed by atoms with Gasteiger partial charge in [-0.05, 0) is 0 Å². The second kappa shape index (κ2) is 5.66. The van der Waals surface area contributed by atoms with Gasteiger partial charge in [0.25, 0.3) is 0 Å². The Morgan fingerprint density at radius 2 is 2.21 bits per heavy atom. The number of methoxy groups -OCH3 is 1. The Balaban J connectivity index is 0.00000169. The van der Waals surface area contributed by atoms with Gasteiger partial charge in [0.05, 0.1) is 13.7 Å². The SMILES string of the molecule is COC(=O)C1CN(C(=O)O)CCN1.Cl. The summed E-state index contributed by atoms with van der Waals surface area (Å²) in [4.78, 5) is 22.8. The molecule has 14 heavy (non-hydrogen) atoms. The molecule has 1 rings (SSSR count). The lowest BCUT2D eigenvalue weighted by Crippen LogP contribution is -2.55. The van der Waals surface area contributed by atoms with Crippen molar-refractivity contribution in [3.8, 4) is 0 Å². The van der Waals surface area contributed by atoms with Gasteiger partial charge in [-0.15, -0.1) is 12.4 Å². The van der Waals surface area contributed by atoms with Gasteiger partial charge >= 0.3 is 12.1 Å². The number of esters is 1. The molecular formula is C7H13ClN2O4. The zero-order valence-electron chi connectivity index (χ0n) is 7.73. The number of ether oxygens (including phenoxy) is 1. The van der Waals surface area contributed by atoms with Gasteiger partial charge in [-0.2, -0.15) is 0 Å². The number of carbonyl (C=O) groups excluding carboxylic acids is 1. The second-order valence-electron chi connectivity index (χ2n) is 2.76. The maximum absolute atomic E-state index is 11.0. The van der Waals surface area contributed by atoms with Crippen molar-refractivity contribution in [3.63, 3.8) is 0 Å². The predicted octanol–water partition coefficient (Wildman–Crippen LogP) is -0.467. The molecule has 1 atom stereocenters. The van der Waals surface area contributed by atoms with E-state index in [1.54, 1.807) is 0 Å². The van der Waals surface area contributed by atoms with Crippen molar-refractivity contribution in [2.45, 2.75) is 6.04 Å². The molecule has 0 aromatic carbocycles. The molecule has 0 bridgehead atoms. The van der Waals surface area contributed by atoms with E-state index >= 15 is 0 Å². The van der Waals surface area contributed by atoms with Gasteiger partial charge in [-0.1, -0.05) is 0 Å². The first-order valence-corrected chi connectivity index (χ1v) is 3.94. The van der Waals surface area contributed by atoms with Crippen molar-refractivity contribution in [2.24, 2.45) is 0 Å². The maximum Gasteiger partial charge on any atom is 0.407 e. The van der Waals surface area contributed by atoms with Crippen molar-refractivity contribution >= 4 is 24.5 Å². The molecule has 1 saturated heterocycles. The van der Waals surface area contributed by atoms with Gasteiger partial charge in [0.1, 0.15) is 6.04 Å². The van der Waals surface area contributed by atoms with E-state index in [2.05, 4.69) is 10.1 Å². The van der Waals surface area contributed by atoms with Crippen molar-refractivity contribution in [1.29, 1.82) is 0 Å². The van der Waals surface area contributed by atoms with Crippen LogP contribution in [0.15, 0.2) is 0 Å². The summed E-state index contributed by atoms with van der Waals surface area (Å²) in [6.45, 7) is 1.04. The van der Waals surface area contributed by atoms with Crippen LogP contribution in [0.5, 0.6) is 0 Å². The molecule has 1 amide bonds. The van der Waals surface area contributed by atoms with Crippen molar-refractivity contribution < 1.29 is 19.4 Å². The molecule has 0 aliphatic carbocycles. The van der Waals surface area contributed by atoms with E-state index in [1.165, 1.54) is 12.0 Å². The lowest BCUT2D eigenvalue weighted by molar-refractivity contribution is -0.144. The summed E-state index contributed by atoms with van der Waals surface area (Å²) in [6.07, 6.45) is -1.00. The van der Waals surface area contributed by atoms with Crippen LogP contribution >= 0.6 is 12.4 Å². The third kappa shape index (κ3) is 3.04. The quantitative estimate of drug-likeness (QED) is 0.589. The Bertz CT molecular complexity index is 224. The highest BCUT2D eigenvalue weighted by molar-refractivity contribution is 5.85. The molecule has 0 spiro atoms. The smallest absolute Gasteiger partial charge is 0.407 e. The van der Waals surface area contributed by atoms with Crippen LogP contribution in [-0.4, -0.2) is 54.9 Å². The normalized spacial score (nSPS) is 20.9. The molecule has 7 heteroatoms. The maximum atomic E-state index is 11.0. The van der Waals surface area contributed by atoms with E-state index in [0.717, 1.165) is 0 Å². The number of carboxylic acid groups (broad SMARTS) is 1. The van der Waals surface area contributed by atoms with E-state index in [9.17, 15) is 9.59 Å². The highest BCUT2D eigenvalue weighted by Crippen LogP contribution is 2.00. The van der Waals surface area contributed by atoms with E-state index in [1.807, 2.05) is 0 Å². The molecule has 0 aromatic rings. The molecule has 82 valence electrons. The summed E-state index contributed by atoms with van der Waals surface area (Å²) in [5.74, 6) is -0.425. The first-order chi connectivity index (χ1) is 6.15. The fourth-order valence-electron chi connectivity index (χ4n) is 1.22. The summed E-state index contributed by atoms with van der Waals surface area (Å²) in [6, 6.07) is -0.533. The van der Waals surface area contributed by atoms with Crippen LogP contribution in [0, 0.1) is 0 Å². The topological polar surface area (TPSA) is 78.9 Å². The Hall–Kier alpha value is -1.01. The largest absolute Gasteiger partial charge is 0.468 e. The molecular weight excluding hydrogens is 212 g/mol. The number of hydrogen-bond acceptors (Lipinski definition) is 4. The molecule has 1 aliphatic rings. The van der Waals surface area contributed by atoms with E-state index in [4.69, 9.17) is 5.11 Å². The summed E-state index contributed by atoms with van der Waals surface area (Å²) in [5.41, 5.74) is 0. The Morgan fingerprint density at radius 3 is 2.71 bits per heavy atom. The van der Waals surface area contributed by atoms with Crippen LogP contribution in [-0.2, 0) is 9.53 Å². The van der Waals surface area contributed by atoms with Crippen LogP contribution in [0.4, 0.5) is 4.79 Å². The highest BCUT2D eigenvalue weighted by Gasteiger charge is 2.28. The highest BCUT2D eigenvalue weighted by atomic mass is 35.5. The van der Waals surface area contributed by atoms with Crippen molar-refractivity contribution in [3.05, 3.63) is 0 Å². The Morgan fingerprint density at radius 1 is 1.57 bits per heavy atom. The molecule has 0 radical (unpaired) electrons. The summed E-state index contributed by atoms with van der Waals surface area (Å²) < 4.78 is 4.50. The number of amides is 1. The number of halogens is 1. The van der Waals surface area contributed by atoms with Crippen LogP contribution in [0.1, 0.15) is 0 Å². The number of piperazine rings is 1. The Labute approximate surface area is 87.6 Å². The van der Waals surface area contributed by atoms with Gasteiger partial charge in [0.2, 0.25) is 0 Å². The van der Waals surface area contributed by atoms with Crippen LogP contribution in [0.3, 0.4) is 0 Å². The van der Waals surface area contributed by atoms with Crippen molar-refractivity contribution in [2.75, 3.05) is 26.7 Å². The van der Waals surface area contributed by atoms with E-state index < -0.39 is 18.1 Å². The summed E-state index contributed by atoms with van der Waals surface area (Å²) >= 11 is 0. The monoisotopic (exact) mass is 224 g/mol. The van der Waals surface area contributed by atoms with Crippen LogP contribution in [0.2, 0.25) is 0 Å². The first-order valence-electron chi connectivity index (χ1n) is 3.94. The summed E-state index contributed by atoms with van der Waals surface area (Å²) in [7, 11) is 1.28. The lowest BCUT2D eigenvalue weighted by atomic mass is 10.2. The van der Waals surface area contributed by atoms with Gasteiger partial charge in [-0.25, -0.2) is 4.79 Å². The molecule has 1 fully saturated rings. The fourth-order valence-corrected chi connectivity index (χ4v) is 1.22. The van der Waals surface area contributed by atoms with E-state index in [-0.39, 0.29) is 19.0 Å². The van der Waals surface area contributed by atoms with Crippen LogP contribution in [0.25, 0.3) is 0 Å². The molecule has 0 aromatic heterocycles. The minimum Gasteiger partial charge on any atom is -0.468 e. The van der Waals surface area contributed by atoms with Gasteiger partial charge in [0, 0.05) is 13.1 Å². The number of carbonyl (C=O) groups is 2. The molecule has 6 nitrogen and oxygen atoms in total. The molecule has 1 heterocycles. The average Bonchev–Trinajstić information content (AvgIpc) is 2.17. The van der Waals surface area contributed by atoms with Gasteiger partial charge < -0.3 is 20.1 Å². The van der Waals surface area contributed by atoms with Gasteiger partial charge in [0.15, 0.2) is 0 Å². The zero-order valence-corrected chi connectivity index (χ0v) is 8.54. The summed E-state index contributed by atoms with van der Waals surface area (Å²) in [5, 5.41) is 11.5. The predicted molar refractivity (Wildman–Crippen MR) is 50.7 cm³/mol. The molecule has 1 unspecified atom stereocenters. The number of rotatable bonds is 1. The molecule has 1 aliphatic heterocycles. The Kier molecular flexibility index (Phi) is 5.26. The first kappa shape index (κ1) is 13.0. The van der Waals surface area contributed by atoms with Gasteiger partial charge in [-0.3, -0.25) is 4.79 Å². The minimum absolute atomic E-state index is 0. The van der Waals surface area contributed by atoms with Crippen LogP contribution < -0.4 is 5.32 Å². The fraction of sp³-hybridized carbons (Fsp3) is 0.714. The minimum atomic E-state index is -1.00. The van der Waals surface area contributed by atoms with Crippen molar-refractivity contribution in [1.82, 2.24) is 10.2 Å². The number of hydrogen-bond donors (Lipinski definition) is 2.